The van der Waals surface area contributed by atoms with Crippen LogP contribution in [0.1, 0.15) is 75.0 Å². The van der Waals surface area contributed by atoms with E-state index in [2.05, 4.69) is 44.2 Å². The minimum atomic E-state index is -4.48. The molecule has 0 heterocycles. The molecule has 0 aromatic heterocycles. The third-order valence-corrected chi connectivity index (χ3v) is 6.92. The van der Waals surface area contributed by atoms with E-state index < -0.39 is 13.4 Å². The minimum absolute atomic E-state index is 0.0937. The lowest BCUT2D eigenvalue weighted by atomic mass is 9.81. The molecule has 0 saturated heterocycles. The Bertz CT molecular complexity index is 772. The molecular formula is C23H36NO4P. The lowest BCUT2D eigenvalue weighted by Gasteiger charge is -2.25. The molecule has 1 fully saturated rings. The maximum atomic E-state index is 11.0. The summed E-state index contributed by atoms with van der Waals surface area (Å²) in [6.45, 7) is 4.45. The highest BCUT2D eigenvalue weighted by Gasteiger charge is 2.38. The molecule has 0 radical (unpaired) electrons. The van der Waals surface area contributed by atoms with E-state index in [9.17, 15) is 4.57 Å². The number of nitrogens with two attached hydrogens (primary N) is 1. The molecule has 4 N–H and O–H groups in total. The quantitative estimate of drug-likeness (QED) is 0.412. The molecule has 1 aromatic carbocycles. The van der Waals surface area contributed by atoms with Crippen LogP contribution in [0.4, 0.5) is 0 Å². The fraction of sp³-hybridized carbons (Fsp3) is 0.652. The molecule has 29 heavy (non-hydrogen) atoms. The number of hydrogen-bond acceptors (Lipinski definition) is 3. The molecule has 3 rings (SSSR count). The Balaban J connectivity index is 1.57. The van der Waals surface area contributed by atoms with Crippen molar-refractivity contribution in [3.8, 4) is 0 Å². The van der Waals surface area contributed by atoms with Gasteiger partial charge in [-0.15, -0.1) is 0 Å². The van der Waals surface area contributed by atoms with Crippen LogP contribution in [-0.2, 0) is 21.9 Å². The molecule has 0 bridgehead atoms. The lowest BCUT2D eigenvalue weighted by Crippen LogP contribution is -2.41. The number of phosphoric acid groups is 1. The van der Waals surface area contributed by atoms with E-state index in [1.165, 1.54) is 36.0 Å². The highest BCUT2D eigenvalue weighted by Crippen LogP contribution is 2.44. The summed E-state index contributed by atoms with van der Waals surface area (Å²) in [7, 11) is -4.48. The maximum absolute atomic E-state index is 11.0. The Morgan fingerprint density at radius 1 is 1.31 bits per heavy atom. The first-order chi connectivity index (χ1) is 13.6. The van der Waals surface area contributed by atoms with Gasteiger partial charge in [-0.2, -0.15) is 0 Å². The predicted molar refractivity (Wildman–Crippen MR) is 117 cm³/mol. The predicted octanol–water partition coefficient (Wildman–Crippen LogP) is 4.86. The largest absolute Gasteiger partial charge is 0.469 e. The van der Waals surface area contributed by atoms with Crippen molar-refractivity contribution >= 4 is 7.82 Å². The second-order valence-corrected chi connectivity index (χ2v) is 10.7. The molecule has 6 heteroatoms. The van der Waals surface area contributed by atoms with Crippen molar-refractivity contribution in [3.05, 3.63) is 47.0 Å². The van der Waals surface area contributed by atoms with Crippen LogP contribution in [0, 0.1) is 11.8 Å². The van der Waals surface area contributed by atoms with Crippen molar-refractivity contribution in [2.45, 2.75) is 76.7 Å². The van der Waals surface area contributed by atoms with Crippen molar-refractivity contribution < 1.29 is 18.9 Å². The number of aryl methyl sites for hydroxylation is 1. The summed E-state index contributed by atoms with van der Waals surface area (Å²) in [5, 5.41) is 0. The zero-order valence-electron chi connectivity index (χ0n) is 17.7. The van der Waals surface area contributed by atoms with Gasteiger partial charge < -0.3 is 15.5 Å². The van der Waals surface area contributed by atoms with E-state index in [4.69, 9.17) is 20.0 Å². The number of fused-ring (bicyclic) bond motifs is 1. The zero-order chi connectivity index (χ0) is 21.1. The van der Waals surface area contributed by atoms with E-state index in [-0.39, 0.29) is 6.61 Å². The third kappa shape index (κ3) is 6.77. The molecule has 3 atom stereocenters. The Morgan fingerprint density at radius 2 is 2.10 bits per heavy atom. The second-order valence-electron chi connectivity index (χ2n) is 9.50. The van der Waals surface area contributed by atoms with Crippen LogP contribution in [0.5, 0.6) is 0 Å². The molecular weight excluding hydrogens is 385 g/mol. The van der Waals surface area contributed by atoms with Gasteiger partial charge in [0.2, 0.25) is 0 Å². The first-order valence-corrected chi connectivity index (χ1v) is 12.4. The average Bonchev–Trinajstić information content (AvgIpc) is 3.05. The van der Waals surface area contributed by atoms with E-state index in [1.807, 2.05) is 0 Å². The van der Waals surface area contributed by atoms with Gasteiger partial charge in [0.05, 0.1) is 6.61 Å². The van der Waals surface area contributed by atoms with E-state index in [1.54, 1.807) is 0 Å². The molecule has 2 aliphatic carbocycles. The number of benzene rings is 1. The van der Waals surface area contributed by atoms with Crippen LogP contribution in [-0.4, -0.2) is 21.9 Å². The Labute approximate surface area is 175 Å². The van der Waals surface area contributed by atoms with Gasteiger partial charge in [0.25, 0.3) is 0 Å². The van der Waals surface area contributed by atoms with E-state index >= 15 is 0 Å². The fourth-order valence-corrected chi connectivity index (χ4v) is 5.15. The van der Waals surface area contributed by atoms with Crippen LogP contribution in [0.2, 0.25) is 0 Å². The molecule has 2 aliphatic rings. The minimum Gasteiger partial charge on any atom is -0.323 e. The van der Waals surface area contributed by atoms with Gasteiger partial charge in [-0.1, -0.05) is 44.2 Å². The van der Waals surface area contributed by atoms with Crippen molar-refractivity contribution in [2.75, 3.05) is 6.61 Å². The molecule has 0 aliphatic heterocycles. The molecule has 0 amide bonds. The van der Waals surface area contributed by atoms with Crippen molar-refractivity contribution in [2.24, 2.45) is 17.6 Å². The summed E-state index contributed by atoms with van der Waals surface area (Å²) in [5.41, 5.74) is 9.91. The Hall–Kier alpha value is -0.970. The van der Waals surface area contributed by atoms with Gasteiger partial charge >= 0.3 is 7.82 Å². The SMILES string of the molecule is CC(C)CC/C=C/[C@@H]1CCc2cc([C@H]3CC[C@](N)(COP(=O)(O)O)C3)ccc2C1. The van der Waals surface area contributed by atoms with Crippen molar-refractivity contribution in [1.29, 1.82) is 0 Å². The number of phosphoric ester groups is 1. The standard InChI is InChI=1S/C23H36NO4P/c1-17(2)5-3-4-6-18-7-8-20-14-21(10-9-19(20)13-18)22-11-12-23(24,15-22)16-28-29(25,26)27/h4,6,9-10,14,17-18,22H,3,5,7-8,11-13,15-16,24H2,1-2H3,(H2,25,26,27)/b6-4+/t18-,22+,23-/m1/s1. The summed E-state index contributed by atoms with van der Waals surface area (Å²) in [6, 6.07) is 6.85. The maximum Gasteiger partial charge on any atom is 0.469 e. The van der Waals surface area contributed by atoms with E-state index in [0.717, 1.165) is 31.6 Å². The molecule has 0 unspecified atom stereocenters. The summed E-state index contributed by atoms with van der Waals surface area (Å²) in [4.78, 5) is 17.9. The fourth-order valence-electron chi connectivity index (χ4n) is 4.72. The number of hydrogen-bond donors (Lipinski definition) is 3. The first-order valence-electron chi connectivity index (χ1n) is 10.9. The molecule has 1 saturated carbocycles. The van der Waals surface area contributed by atoms with Gasteiger partial charge in [-0.25, -0.2) is 4.57 Å². The number of rotatable bonds is 8. The zero-order valence-corrected chi connectivity index (χ0v) is 18.6. The van der Waals surface area contributed by atoms with Crippen molar-refractivity contribution in [3.63, 3.8) is 0 Å². The van der Waals surface area contributed by atoms with Crippen molar-refractivity contribution in [1.82, 2.24) is 0 Å². The van der Waals surface area contributed by atoms with Gasteiger partial charge in [0, 0.05) is 5.54 Å². The highest BCUT2D eigenvalue weighted by atomic mass is 31.2. The summed E-state index contributed by atoms with van der Waals surface area (Å²) in [5.74, 6) is 1.74. The van der Waals surface area contributed by atoms with Gasteiger partial charge in [-0.3, -0.25) is 4.52 Å². The topological polar surface area (TPSA) is 92.8 Å². The monoisotopic (exact) mass is 421 g/mol. The molecule has 1 aromatic rings. The Morgan fingerprint density at radius 3 is 2.83 bits per heavy atom. The van der Waals surface area contributed by atoms with Gasteiger partial charge in [0.1, 0.15) is 0 Å². The molecule has 162 valence electrons. The van der Waals surface area contributed by atoms with Crippen LogP contribution in [0.25, 0.3) is 0 Å². The highest BCUT2D eigenvalue weighted by molar-refractivity contribution is 7.46. The van der Waals surface area contributed by atoms with Gasteiger partial charge in [0.15, 0.2) is 0 Å². The summed E-state index contributed by atoms with van der Waals surface area (Å²) >= 11 is 0. The van der Waals surface area contributed by atoms with Crippen LogP contribution >= 0.6 is 7.82 Å². The average molecular weight is 422 g/mol. The first kappa shape index (κ1) is 22.7. The Kier molecular flexibility index (Phi) is 7.40. The molecule has 5 nitrogen and oxygen atoms in total. The normalized spacial score (nSPS) is 27.7. The van der Waals surface area contributed by atoms with Gasteiger partial charge in [-0.05, 0) is 85.8 Å². The summed E-state index contributed by atoms with van der Waals surface area (Å²) < 4.78 is 15.7. The second kappa shape index (κ2) is 9.45. The smallest absolute Gasteiger partial charge is 0.323 e. The third-order valence-electron chi connectivity index (χ3n) is 6.45. The molecule has 0 spiro atoms. The number of allylic oxidation sites excluding steroid dienone is 2. The van der Waals surface area contributed by atoms with Crippen LogP contribution < -0.4 is 5.73 Å². The van der Waals surface area contributed by atoms with Crippen LogP contribution in [0.15, 0.2) is 30.4 Å². The van der Waals surface area contributed by atoms with Crippen LogP contribution in [0.3, 0.4) is 0 Å². The summed E-state index contributed by atoms with van der Waals surface area (Å²) in [6.07, 6.45) is 13.0. The van der Waals surface area contributed by atoms with E-state index in [0.29, 0.717) is 18.3 Å². The lowest BCUT2D eigenvalue weighted by molar-refractivity contribution is 0.153.